The molecular weight excluding hydrogens is 1000 g/mol. The number of hydrogen-bond donors (Lipinski definition) is 0. The summed E-state index contributed by atoms with van der Waals surface area (Å²) in [5.41, 5.74) is -2.98. The Morgan fingerprint density at radius 2 is 1.02 bits per heavy atom. The third-order valence-electron chi connectivity index (χ3n) is 23.9. The van der Waals surface area contributed by atoms with E-state index in [2.05, 4.69) is 55.4 Å². The molecule has 11 unspecified atom stereocenters. The van der Waals surface area contributed by atoms with Crippen molar-refractivity contribution in [3.63, 3.8) is 0 Å². The minimum absolute atomic E-state index is 0.0168. The lowest BCUT2D eigenvalue weighted by atomic mass is 9.52. The molecule has 10 aliphatic carbocycles. The molecule has 11 aliphatic rings. The molecule has 8 bridgehead atoms. The predicted octanol–water partition coefficient (Wildman–Crippen LogP) is 16.6. The average molecular weight is 1120 g/mol. The van der Waals surface area contributed by atoms with Crippen LogP contribution in [-0.2, 0) is 52.4 Å². The minimum Gasteiger partial charge on any atom is -0.459 e. The van der Waals surface area contributed by atoms with E-state index >= 15 is 0 Å². The number of carbonyl (C=O) groups excluding carboxylic acids is 5. The van der Waals surface area contributed by atoms with Crippen molar-refractivity contribution in [3.05, 3.63) is 0 Å². The highest BCUT2D eigenvalue weighted by Gasteiger charge is 2.68. The summed E-state index contributed by atoms with van der Waals surface area (Å²) < 4.78 is 36.2. The van der Waals surface area contributed by atoms with E-state index in [9.17, 15) is 24.0 Å². The highest BCUT2D eigenvalue weighted by Crippen LogP contribution is 2.71. The lowest BCUT2D eigenvalue weighted by Gasteiger charge is -2.62. The van der Waals surface area contributed by atoms with E-state index in [-0.39, 0.29) is 86.6 Å². The van der Waals surface area contributed by atoms with Crippen molar-refractivity contribution in [1.82, 2.24) is 0 Å². The first-order valence-corrected chi connectivity index (χ1v) is 33.0. The molecule has 0 radical (unpaired) electrons. The first-order chi connectivity index (χ1) is 37.2. The van der Waals surface area contributed by atoms with Crippen LogP contribution in [0, 0.1) is 74.9 Å². The monoisotopic (exact) mass is 1120 g/mol. The Balaban J connectivity index is 0.000000156. The summed E-state index contributed by atoms with van der Waals surface area (Å²) in [4.78, 5) is 61.3. The van der Waals surface area contributed by atoms with Crippen molar-refractivity contribution >= 4 is 29.8 Å². The Labute approximate surface area is 486 Å². The molecule has 1 aliphatic heterocycles. The molecule has 0 amide bonds. The Morgan fingerprint density at radius 3 is 1.54 bits per heavy atom. The number of hydrogen-bond acceptors (Lipinski definition) is 11. The normalized spacial score (nSPS) is 36.1. The van der Waals surface area contributed by atoms with Gasteiger partial charge in [0.15, 0.2) is 5.60 Å². The molecule has 0 aromatic carbocycles. The summed E-state index contributed by atoms with van der Waals surface area (Å²) in [5, 5.41) is 0. The van der Waals surface area contributed by atoms with Crippen molar-refractivity contribution in [2.45, 2.75) is 331 Å². The third-order valence-corrected chi connectivity index (χ3v) is 23.9. The Morgan fingerprint density at radius 1 is 0.537 bits per heavy atom. The van der Waals surface area contributed by atoms with E-state index in [4.69, 9.17) is 28.4 Å². The number of esters is 5. The van der Waals surface area contributed by atoms with Crippen LogP contribution in [0.1, 0.15) is 292 Å². The zero-order chi connectivity index (χ0) is 59.3. The van der Waals surface area contributed by atoms with Crippen molar-refractivity contribution in [2.75, 3.05) is 0 Å². The van der Waals surface area contributed by atoms with Crippen LogP contribution in [0.15, 0.2) is 0 Å². The van der Waals surface area contributed by atoms with Crippen LogP contribution in [0.25, 0.3) is 0 Å². The maximum absolute atomic E-state index is 12.8. The molecule has 80 heavy (non-hydrogen) atoms. The highest BCUT2D eigenvalue weighted by molar-refractivity contribution is 5.79. The van der Waals surface area contributed by atoms with Crippen molar-refractivity contribution in [2.24, 2.45) is 74.9 Å². The van der Waals surface area contributed by atoms with Crippen LogP contribution in [0.2, 0.25) is 0 Å². The van der Waals surface area contributed by atoms with Crippen LogP contribution in [0.3, 0.4) is 0 Å². The van der Waals surface area contributed by atoms with Crippen LogP contribution in [0.4, 0.5) is 0 Å². The molecule has 458 valence electrons. The quantitative estimate of drug-likeness (QED) is 0.0781. The van der Waals surface area contributed by atoms with Crippen LogP contribution < -0.4 is 0 Å². The van der Waals surface area contributed by atoms with Gasteiger partial charge < -0.3 is 28.4 Å². The summed E-state index contributed by atoms with van der Waals surface area (Å²) in [6, 6.07) is 0. The van der Waals surface area contributed by atoms with Crippen molar-refractivity contribution in [3.8, 4) is 0 Å². The van der Waals surface area contributed by atoms with Crippen LogP contribution in [-0.4, -0.2) is 69.6 Å². The minimum atomic E-state index is -0.682. The zero-order valence-electron chi connectivity index (χ0n) is 54.1. The number of ether oxygens (including phenoxy) is 6. The molecule has 0 spiro atoms. The molecule has 11 atom stereocenters. The van der Waals surface area contributed by atoms with Gasteiger partial charge in [0.05, 0.1) is 39.3 Å². The van der Waals surface area contributed by atoms with E-state index in [1.807, 2.05) is 69.2 Å². The predicted molar refractivity (Wildman–Crippen MR) is 315 cm³/mol. The van der Waals surface area contributed by atoms with Gasteiger partial charge in [-0.15, -0.1) is 0 Å². The maximum Gasteiger partial charge on any atom is 0.312 e. The summed E-state index contributed by atoms with van der Waals surface area (Å²) in [5.74, 6) is 6.67. The van der Waals surface area contributed by atoms with Gasteiger partial charge in [-0.1, -0.05) is 55.4 Å². The maximum atomic E-state index is 12.8. The molecule has 1 saturated heterocycles. The average Bonchev–Trinajstić information content (AvgIpc) is 4.45. The number of fused-ring (bicyclic) bond motifs is 10. The zero-order valence-corrected chi connectivity index (χ0v) is 54.1. The van der Waals surface area contributed by atoms with Gasteiger partial charge in [-0.3, -0.25) is 24.0 Å². The summed E-state index contributed by atoms with van der Waals surface area (Å²) in [6.45, 7) is 37.1. The fourth-order valence-electron chi connectivity index (χ4n) is 17.1. The number of rotatable bonds is 17. The van der Waals surface area contributed by atoms with E-state index in [0.29, 0.717) is 23.7 Å². The molecule has 0 aromatic heterocycles. The molecule has 10 saturated carbocycles. The third kappa shape index (κ3) is 13.2. The Hall–Kier alpha value is -2.69. The Bertz CT molecular complexity index is 2180. The van der Waals surface area contributed by atoms with E-state index in [0.717, 1.165) is 145 Å². The van der Waals surface area contributed by atoms with Gasteiger partial charge in [-0.05, 0) is 271 Å². The first-order valence-electron chi connectivity index (χ1n) is 33.0. The van der Waals surface area contributed by atoms with Crippen LogP contribution >= 0.6 is 0 Å². The van der Waals surface area contributed by atoms with Gasteiger partial charge in [0.1, 0.15) is 22.9 Å². The van der Waals surface area contributed by atoms with E-state index < -0.39 is 11.0 Å². The molecule has 11 heteroatoms. The summed E-state index contributed by atoms with van der Waals surface area (Å²) >= 11 is 0. The lowest BCUT2D eigenvalue weighted by molar-refractivity contribution is -0.263. The van der Waals surface area contributed by atoms with Gasteiger partial charge >= 0.3 is 29.8 Å². The highest BCUT2D eigenvalue weighted by atomic mass is 16.6. The topological polar surface area (TPSA) is 141 Å². The van der Waals surface area contributed by atoms with E-state index in [1.165, 1.54) is 44.9 Å². The Kier molecular flexibility index (Phi) is 19.5. The second kappa shape index (κ2) is 24.0. The van der Waals surface area contributed by atoms with Gasteiger partial charge in [0.25, 0.3) is 0 Å². The fourth-order valence-corrected chi connectivity index (χ4v) is 17.1. The second-order valence-electron chi connectivity index (χ2n) is 31.7. The molecule has 11 fully saturated rings. The standard InChI is InChI=1S/C21H36O3.C20H32O2.C14H22O4.C14H26O2/c1-7-18(3,4)17(22)23-20-10-15-9-16(11-20)13-21(12-15,14-20)24-19(5,6)8-2;1-5-19(3,4)18(21)22-20(6-2)11-14-10-15(20)17-13-8-7-12(9-13)16(14)17;1-4-13(2,3)12(16)18-14-8-6-5-7-10(14)17-11(15)9-14;1-6-13(4,5)12(15)16-14(11(2)3)9-7-8-10-14/h15-16H,7-14H2,1-6H3;12-17H,5-11H2,1-4H3;10H,4-9H2,1-3H3;11H,6-10H2,1-5H3. The summed E-state index contributed by atoms with van der Waals surface area (Å²) in [7, 11) is 0. The van der Waals surface area contributed by atoms with Crippen molar-refractivity contribution < 1.29 is 52.4 Å². The molecule has 11 nitrogen and oxygen atoms in total. The van der Waals surface area contributed by atoms with E-state index in [1.54, 1.807) is 0 Å². The van der Waals surface area contributed by atoms with Crippen molar-refractivity contribution in [1.29, 1.82) is 0 Å². The van der Waals surface area contributed by atoms with Crippen LogP contribution in [0.5, 0.6) is 0 Å². The van der Waals surface area contributed by atoms with Gasteiger partial charge in [-0.25, -0.2) is 0 Å². The fraction of sp³-hybridized carbons (Fsp3) is 0.928. The second-order valence-corrected chi connectivity index (χ2v) is 31.7. The number of carbonyl (C=O) groups is 5. The molecule has 0 aromatic rings. The van der Waals surface area contributed by atoms with Gasteiger partial charge in [0, 0.05) is 12.3 Å². The lowest BCUT2D eigenvalue weighted by Crippen LogP contribution is -2.63. The van der Waals surface area contributed by atoms with Gasteiger partial charge in [0.2, 0.25) is 0 Å². The summed E-state index contributed by atoms with van der Waals surface area (Å²) in [6.07, 6.45) is 26.8. The van der Waals surface area contributed by atoms with Gasteiger partial charge in [-0.2, -0.15) is 0 Å². The molecule has 11 rings (SSSR count). The molecule has 0 N–H and O–H groups in total. The first kappa shape index (κ1) is 64.9. The smallest absolute Gasteiger partial charge is 0.312 e. The largest absolute Gasteiger partial charge is 0.459 e. The molecule has 1 heterocycles. The SMILES string of the molecule is CCC(C)(C)C(=O)OC1(C(C)C)CCCC1.CCC(C)(C)C(=O)OC1(CC)CC2CC1C1C3CCC(C3)C21.CCC(C)(C)C(=O)OC12CCCCC1OC(=O)C2.CCC(C)(C)OC12CC3CC(CC(OC(=O)C(C)(C)CC)(C3)C1)C2. The molecular formula is C69H116O11.